The molecule has 5 nitrogen and oxygen atoms in total. The molecule has 0 spiro atoms. The second-order valence-electron chi connectivity index (χ2n) is 6.84. The lowest BCUT2D eigenvalue weighted by Gasteiger charge is -2.30. The standard InChI is InChI=1S/C21H23N3O2S/c25-19(17-10-15-8-4-5-9-16(15)11-22-17)12-23-20(26)18-13-27-21(24-18)14-6-2-1-3-7-14/h1-9,13,17,19,21-22,24-25H,10-12H2,(H,23,26)/t17-,19+,21?/m0/s1. The van der Waals surface area contributed by atoms with E-state index in [1.54, 1.807) is 11.8 Å². The van der Waals surface area contributed by atoms with E-state index in [-0.39, 0.29) is 23.9 Å². The van der Waals surface area contributed by atoms with Gasteiger partial charge in [-0.3, -0.25) is 4.79 Å². The Bertz CT molecular complexity index is 840. The molecule has 0 saturated heterocycles. The van der Waals surface area contributed by atoms with Gasteiger partial charge in [0.15, 0.2) is 0 Å². The minimum Gasteiger partial charge on any atom is -0.390 e. The predicted octanol–water partition coefficient (Wildman–Crippen LogP) is 2.05. The van der Waals surface area contributed by atoms with Crippen molar-refractivity contribution in [1.82, 2.24) is 16.0 Å². The monoisotopic (exact) mass is 381 g/mol. The van der Waals surface area contributed by atoms with Crippen molar-refractivity contribution in [3.05, 3.63) is 82.4 Å². The van der Waals surface area contributed by atoms with Gasteiger partial charge >= 0.3 is 0 Å². The lowest BCUT2D eigenvalue weighted by Crippen LogP contribution is -2.49. The van der Waals surface area contributed by atoms with Crippen molar-refractivity contribution in [2.45, 2.75) is 30.5 Å². The van der Waals surface area contributed by atoms with E-state index in [2.05, 4.69) is 28.1 Å². The van der Waals surface area contributed by atoms with Gasteiger partial charge in [-0.05, 0) is 23.1 Å². The average Bonchev–Trinajstić information content (AvgIpc) is 3.22. The molecule has 2 aromatic rings. The summed E-state index contributed by atoms with van der Waals surface area (Å²) in [5, 5.41) is 21.8. The minimum absolute atomic E-state index is 0.0494. The van der Waals surface area contributed by atoms with Crippen LogP contribution in [0.2, 0.25) is 0 Å². The lowest BCUT2D eigenvalue weighted by atomic mass is 9.93. The van der Waals surface area contributed by atoms with Crippen LogP contribution in [-0.4, -0.2) is 29.7 Å². The van der Waals surface area contributed by atoms with Gasteiger partial charge in [-0.2, -0.15) is 0 Å². The number of carbonyl (C=O) groups is 1. The van der Waals surface area contributed by atoms with Crippen LogP contribution in [0.1, 0.15) is 22.1 Å². The van der Waals surface area contributed by atoms with Gasteiger partial charge in [0.25, 0.3) is 5.91 Å². The van der Waals surface area contributed by atoms with Gasteiger partial charge in [-0.25, -0.2) is 0 Å². The number of thioether (sulfide) groups is 1. The van der Waals surface area contributed by atoms with Crippen LogP contribution in [0, 0.1) is 0 Å². The Labute approximate surface area is 163 Å². The zero-order valence-electron chi connectivity index (χ0n) is 14.9. The Hall–Kier alpha value is -2.28. The van der Waals surface area contributed by atoms with E-state index in [1.807, 2.05) is 47.9 Å². The summed E-state index contributed by atoms with van der Waals surface area (Å²) in [5.41, 5.74) is 4.21. The molecule has 4 rings (SSSR count). The molecule has 1 amide bonds. The third-order valence-corrected chi connectivity index (χ3v) is 6.04. The van der Waals surface area contributed by atoms with E-state index in [1.165, 1.54) is 11.1 Å². The van der Waals surface area contributed by atoms with Gasteiger partial charge in [0.1, 0.15) is 11.1 Å². The molecule has 0 bridgehead atoms. The van der Waals surface area contributed by atoms with Gasteiger partial charge in [0, 0.05) is 24.5 Å². The summed E-state index contributed by atoms with van der Waals surface area (Å²) in [6.07, 6.45) is 0.127. The SMILES string of the molecule is O=C(NC[C@@H](O)[C@@H]1Cc2ccccc2CN1)C1=CSC(c2ccccc2)N1. The first-order valence-electron chi connectivity index (χ1n) is 9.14. The number of carbonyl (C=O) groups excluding carboxylic acids is 1. The zero-order valence-corrected chi connectivity index (χ0v) is 15.7. The van der Waals surface area contributed by atoms with Crippen molar-refractivity contribution in [3.63, 3.8) is 0 Å². The Morgan fingerprint density at radius 1 is 1.15 bits per heavy atom. The molecule has 0 aromatic heterocycles. The Kier molecular flexibility index (Phi) is 5.48. The van der Waals surface area contributed by atoms with Gasteiger partial charge in [0.2, 0.25) is 0 Å². The predicted molar refractivity (Wildman–Crippen MR) is 108 cm³/mol. The fourth-order valence-electron chi connectivity index (χ4n) is 3.44. The third kappa shape index (κ3) is 4.18. The number of hydrogen-bond acceptors (Lipinski definition) is 5. The number of rotatable bonds is 5. The molecule has 2 aliphatic heterocycles. The summed E-state index contributed by atoms with van der Waals surface area (Å²) in [4.78, 5) is 12.4. The maximum Gasteiger partial charge on any atom is 0.268 e. The molecule has 1 unspecified atom stereocenters. The Morgan fingerprint density at radius 3 is 2.70 bits per heavy atom. The van der Waals surface area contributed by atoms with Crippen molar-refractivity contribution in [2.75, 3.05) is 6.54 Å². The van der Waals surface area contributed by atoms with Gasteiger partial charge in [-0.15, -0.1) is 11.8 Å². The number of aliphatic hydroxyl groups is 1. The molecule has 2 heterocycles. The fourth-order valence-corrected chi connectivity index (χ4v) is 4.40. The van der Waals surface area contributed by atoms with Gasteiger partial charge < -0.3 is 21.1 Å². The summed E-state index contributed by atoms with van der Waals surface area (Å²) in [6, 6.07) is 18.2. The largest absolute Gasteiger partial charge is 0.390 e. The van der Waals surface area contributed by atoms with Crippen LogP contribution in [-0.2, 0) is 17.8 Å². The topological polar surface area (TPSA) is 73.4 Å². The number of fused-ring (bicyclic) bond motifs is 1. The summed E-state index contributed by atoms with van der Waals surface area (Å²) in [5.74, 6) is -0.184. The summed E-state index contributed by atoms with van der Waals surface area (Å²) in [7, 11) is 0. The normalized spacial score (nSPS) is 22.3. The highest BCUT2D eigenvalue weighted by molar-refractivity contribution is 8.02. The third-order valence-electron chi connectivity index (χ3n) is 5.00. The summed E-state index contributed by atoms with van der Waals surface area (Å²) >= 11 is 1.58. The molecule has 0 fully saturated rings. The van der Waals surface area contributed by atoms with Crippen molar-refractivity contribution in [3.8, 4) is 0 Å². The average molecular weight is 382 g/mol. The van der Waals surface area contributed by atoms with E-state index in [9.17, 15) is 9.90 Å². The first kappa shape index (κ1) is 18.1. The highest BCUT2D eigenvalue weighted by atomic mass is 32.2. The van der Waals surface area contributed by atoms with E-state index >= 15 is 0 Å². The van der Waals surface area contributed by atoms with Crippen LogP contribution in [0.25, 0.3) is 0 Å². The van der Waals surface area contributed by atoms with Crippen LogP contribution in [0.15, 0.2) is 65.7 Å². The van der Waals surface area contributed by atoms with Crippen LogP contribution in [0.5, 0.6) is 0 Å². The van der Waals surface area contributed by atoms with Crippen molar-refractivity contribution in [2.24, 2.45) is 0 Å². The molecular formula is C21H23N3O2S. The highest BCUT2D eigenvalue weighted by Crippen LogP contribution is 2.33. The summed E-state index contributed by atoms with van der Waals surface area (Å²) in [6.45, 7) is 0.965. The van der Waals surface area contributed by atoms with Crippen molar-refractivity contribution < 1.29 is 9.90 Å². The van der Waals surface area contributed by atoms with E-state index < -0.39 is 6.10 Å². The first-order valence-corrected chi connectivity index (χ1v) is 10.1. The van der Waals surface area contributed by atoms with Crippen molar-refractivity contribution >= 4 is 17.7 Å². The maximum atomic E-state index is 12.4. The second-order valence-corrected chi connectivity index (χ2v) is 7.82. The van der Waals surface area contributed by atoms with Crippen LogP contribution < -0.4 is 16.0 Å². The number of hydrogen-bond donors (Lipinski definition) is 4. The zero-order chi connectivity index (χ0) is 18.6. The number of benzene rings is 2. The van der Waals surface area contributed by atoms with Crippen molar-refractivity contribution in [1.29, 1.82) is 0 Å². The molecular weight excluding hydrogens is 358 g/mol. The number of amides is 1. The van der Waals surface area contributed by atoms with Crippen LogP contribution in [0.3, 0.4) is 0 Å². The molecule has 4 N–H and O–H groups in total. The molecule has 0 aliphatic carbocycles. The smallest absolute Gasteiger partial charge is 0.268 e. The molecule has 2 aromatic carbocycles. The lowest BCUT2D eigenvalue weighted by molar-refractivity contribution is -0.118. The molecule has 3 atom stereocenters. The maximum absolute atomic E-state index is 12.4. The number of aliphatic hydroxyl groups excluding tert-OH is 1. The van der Waals surface area contributed by atoms with E-state index in [0.717, 1.165) is 18.5 Å². The fraction of sp³-hybridized carbons (Fsp3) is 0.286. The quantitative estimate of drug-likeness (QED) is 0.638. The molecule has 27 heavy (non-hydrogen) atoms. The molecule has 6 heteroatoms. The molecule has 140 valence electrons. The number of nitrogens with one attached hydrogen (secondary N) is 3. The Morgan fingerprint density at radius 2 is 1.89 bits per heavy atom. The first-order chi connectivity index (χ1) is 13.2. The minimum atomic E-state index is -0.637. The van der Waals surface area contributed by atoms with Crippen LogP contribution in [0.4, 0.5) is 0 Å². The highest BCUT2D eigenvalue weighted by Gasteiger charge is 2.26. The van der Waals surface area contributed by atoms with E-state index in [4.69, 9.17) is 0 Å². The summed E-state index contributed by atoms with van der Waals surface area (Å²) < 4.78 is 0. The molecule has 0 radical (unpaired) electrons. The van der Waals surface area contributed by atoms with E-state index in [0.29, 0.717) is 5.70 Å². The Balaban J connectivity index is 1.27. The second kappa shape index (κ2) is 8.17. The molecule has 2 aliphatic rings. The molecule has 0 saturated carbocycles. The van der Waals surface area contributed by atoms with Gasteiger partial charge in [0.05, 0.1) is 6.10 Å². The van der Waals surface area contributed by atoms with Gasteiger partial charge in [-0.1, -0.05) is 54.6 Å². The van der Waals surface area contributed by atoms with Crippen LogP contribution >= 0.6 is 11.8 Å².